The topological polar surface area (TPSA) is 18.5 Å². The molecule has 0 saturated carbocycles. The van der Waals surface area contributed by atoms with Crippen LogP contribution in [0.2, 0.25) is 0 Å². The largest absolute Gasteiger partial charge is 0.496 e. The number of rotatable bonds is 3. The summed E-state index contributed by atoms with van der Waals surface area (Å²) in [6.07, 6.45) is 1.20. The maximum absolute atomic E-state index is 6.49. The smallest absolute Gasteiger partial charge is 0.133 e. The molecule has 1 saturated heterocycles. The van der Waals surface area contributed by atoms with E-state index in [-0.39, 0.29) is 11.5 Å². The van der Waals surface area contributed by atoms with E-state index in [1.54, 1.807) is 7.11 Å². The summed E-state index contributed by atoms with van der Waals surface area (Å²) < 4.78 is 11.8. The maximum Gasteiger partial charge on any atom is 0.133 e. The third-order valence-electron chi connectivity index (χ3n) is 3.23. The van der Waals surface area contributed by atoms with Crippen LogP contribution in [0.3, 0.4) is 0 Å². The summed E-state index contributed by atoms with van der Waals surface area (Å²) in [5, 5.41) is -0.102. The Balaban J connectivity index is 2.19. The average Bonchev–Trinajstić information content (AvgIpc) is 2.74. The number of halogens is 2. The van der Waals surface area contributed by atoms with Crippen LogP contribution in [0.4, 0.5) is 0 Å². The molecular weight excluding hydrogens is 303 g/mol. The van der Waals surface area contributed by atoms with Gasteiger partial charge in [0.2, 0.25) is 0 Å². The molecule has 1 aromatic carbocycles. The van der Waals surface area contributed by atoms with Crippen molar-refractivity contribution >= 4 is 27.5 Å². The van der Waals surface area contributed by atoms with Crippen molar-refractivity contribution in [2.75, 3.05) is 13.7 Å². The van der Waals surface area contributed by atoms with Crippen LogP contribution in [0.5, 0.6) is 5.75 Å². The van der Waals surface area contributed by atoms with Crippen molar-refractivity contribution in [3.05, 3.63) is 28.2 Å². The summed E-state index contributed by atoms with van der Waals surface area (Å²) in [6, 6.07) is 5.93. The molecule has 3 atom stereocenters. The van der Waals surface area contributed by atoms with Gasteiger partial charge in [-0.2, -0.15) is 0 Å². The predicted molar refractivity (Wildman–Crippen MR) is 72.8 cm³/mol. The van der Waals surface area contributed by atoms with E-state index in [1.807, 2.05) is 18.2 Å². The second-order valence-electron chi connectivity index (χ2n) is 4.40. The first kappa shape index (κ1) is 13.2. The van der Waals surface area contributed by atoms with Gasteiger partial charge in [-0.3, -0.25) is 0 Å². The minimum Gasteiger partial charge on any atom is -0.496 e. The highest BCUT2D eigenvalue weighted by molar-refractivity contribution is 9.10. The molecule has 1 aliphatic heterocycles. The summed E-state index contributed by atoms with van der Waals surface area (Å²) in [5.41, 5.74) is 1.07. The third kappa shape index (κ3) is 2.78. The fourth-order valence-electron chi connectivity index (χ4n) is 2.14. The number of benzene rings is 1. The van der Waals surface area contributed by atoms with Gasteiger partial charge in [0.05, 0.1) is 23.1 Å². The Kier molecular flexibility index (Phi) is 4.34. The molecule has 1 aliphatic rings. The molecule has 1 heterocycles. The van der Waals surface area contributed by atoms with Crippen molar-refractivity contribution < 1.29 is 9.47 Å². The quantitative estimate of drug-likeness (QED) is 0.779. The summed E-state index contributed by atoms with van der Waals surface area (Å²) in [5.74, 6) is 1.33. The molecule has 17 heavy (non-hydrogen) atoms. The number of alkyl halides is 1. The first-order chi connectivity index (χ1) is 8.13. The predicted octanol–water partition coefficient (Wildman–Crippen LogP) is 4.16. The van der Waals surface area contributed by atoms with Crippen molar-refractivity contribution in [2.24, 2.45) is 5.92 Å². The van der Waals surface area contributed by atoms with E-state index in [9.17, 15) is 0 Å². The molecular formula is C13H16BrClO2. The lowest BCUT2D eigenvalue weighted by Crippen LogP contribution is -2.19. The SMILES string of the molecule is COc1ccc(C(Cl)C2OCCC2C)cc1Br. The zero-order valence-corrected chi connectivity index (χ0v) is 12.3. The van der Waals surface area contributed by atoms with Gasteiger partial charge in [-0.25, -0.2) is 0 Å². The Morgan fingerprint density at radius 1 is 1.53 bits per heavy atom. The van der Waals surface area contributed by atoms with Gasteiger partial charge in [-0.05, 0) is 46.0 Å². The summed E-state index contributed by atoms with van der Waals surface area (Å²) in [7, 11) is 1.65. The van der Waals surface area contributed by atoms with Crippen molar-refractivity contribution in [3.63, 3.8) is 0 Å². The van der Waals surface area contributed by atoms with E-state index < -0.39 is 0 Å². The van der Waals surface area contributed by atoms with Gasteiger partial charge in [-0.1, -0.05) is 13.0 Å². The van der Waals surface area contributed by atoms with Crippen molar-refractivity contribution in [3.8, 4) is 5.75 Å². The molecule has 3 unspecified atom stereocenters. The fraction of sp³-hybridized carbons (Fsp3) is 0.538. The van der Waals surface area contributed by atoms with E-state index in [1.165, 1.54) is 0 Å². The minimum atomic E-state index is -0.102. The first-order valence-electron chi connectivity index (χ1n) is 5.72. The zero-order valence-electron chi connectivity index (χ0n) is 9.95. The first-order valence-corrected chi connectivity index (χ1v) is 6.95. The van der Waals surface area contributed by atoms with E-state index in [0.717, 1.165) is 28.8 Å². The molecule has 0 spiro atoms. The Bertz CT molecular complexity index is 397. The maximum atomic E-state index is 6.49. The molecule has 4 heteroatoms. The van der Waals surface area contributed by atoms with E-state index in [2.05, 4.69) is 22.9 Å². The Labute approximate surface area is 115 Å². The van der Waals surface area contributed by atoms with Crippen LogP contribution >= 0.6 is 27.5 Å². The number of hydrogen-bond acceptors (Lipinski definition) is 2. The van der Waals surface area contributed by atoms with Crippen LogP contribution in [0.25, 0.3) is 0 Å². The second-order valence-corrected chi connectivity index (χ2v) is 5.72. The van der Waals surface area contributed by atoms with Crippen molar-refractivity contribution in [1.29, 1.82) is 0 Å². The highest BCUT2D eigenvalue weighted by Gasteiger charge is 2.32. The lowest BCUT2D eigenvalue weighted by atomic mass is 9.97. The minimum absolute atomic E-state index is 0.102. The number of hydrogen-bond donors (Lipinski definition) is 0. The molecule has 0 bridgehead atoms. The fourth-order valence-corrected chi connectivity index (χ4v) is 3.15. The van der Waals surface area contributed by atoms with Gasteiger partial charge >= 0.3 is 0 Å². The van der Waals surface area contributed by atoms with Crippen LogP contribution in [0.1, 0.15) is 24.3 Å². The highest BCUT2D eigenvalue weighted by Crippen LogP contribution is 2.38. The van der Waals surface area contributed by atoms with Gasteiger partial charge in [0.15, 0.2) is 0 Å². The molecule has 1 aromatic rings. The van der Waals surface area contributed by atoms with E-state index >= 15 is 0 Å². The lowest BCUT2D eigenvalue weighted by molar-refractivity contribution is 0.0903. The second kappa shape index (κ2) is 5.59. The van der Waals surface area contributed by atoms with Gasteiger partial charge in [-0.15, -0.1) is 11.6 Å². The van der Waals surface area contributed by atoms with Crippen LogP contribution in [0, 0.1) is 5.92 Å². The standard InChI is InChI=1S/C13H16BrClO2/c1-8-5-6-17-13(8)12(15)9-3-4-11(16-2)10(14)7-9/h3-4,7-8,12-13H,5-6H2,1-2H3. The third-order valence-corrected chi connectivity index (χ3v) is 4.35. The van der Waals surface area contributed by atoms with Gasteiger partial charge in [0.1, 0.15) is 5.75 Å². The molecule has 0 amide bonds. The summed E-state index contributed by atoms with van der Waals surface area (Å²) in [6.45, 7) is 3.00. The molecule has 94 valence electrons. The monoisotopic (exact) mass is 318 g/mol. The molecule has 0 N–H and O–H groups in total. The Morgan fingerprint density at radius 2 is 2.29 bits per heavy atom. The molecule has 0 aliphatic carbocycles. The van der Waals surface area contributed by atoms with Gasteiger partial charge < -0.3 is 9.47 Å². The number of ether oxygens (including phenoxy) is 2. The molecule has 2 rings (SSSR count). The van der Waals surface area contributed by atoms with Crippen molar-refractivity contribution in [2.45, 2.75) is 24.8 Å². The zero-order chi connectivity index (χ0) is 12.4. The number of methoxy groups -OCH3 is 1. The summed E-state index contributed by atoms with van der Waals surface area (Å²) >= 11 is 9.96. The average molecular weight is 320 g/mol. The van der Waals surface area contributed by atoms with Crippen molar-refractivity contribution in [1.82, 2.24) is 0 Å². The van der Waals surface area contributed by atoms with Crippen LogP contribution in [0.15, 0.2) is 22.7 Å². The lowest BCUT2D eigenvalue weighted by Gasteiger charge is -2.21. The Hall–Kier alpha value is -0.250. The van der Waals surface area contributed by atoms with Gasteiger partial charge in [0.25, 0.3) is 0 Å². The normalized spacial score (nSPS) is 25.9. The van der Waals surface area contributed by atoms with Crippen LogP contribution in [-0.2, 0) is 4.74 Å². The van der Waals surface area contributed by atoms with E-state index in [4.69, 9.17) is 21.1 Å². The van der Waals surface area contributed by atoms with Crippen LogP contribution in [-0.4, -0.2) is 19.8 Å². The molecule has 1 fully saturated rings. The highest BCUT2D eigenvalue weighted by atomic mass is 79.9. The van der Waals surface area contributed by atoms with E-state index in [0.29, 0.717) is 5.92 Å². The van der Waals surface area contributed by atoms with Gasteiger partial charge in [0, 0.05) is 6.61 Å². The molecule has 0 radical (unpaired) electrons. The summed E-state index contributed by atoms with van der Waals surface area (Å²) in [4.78, 5) is 0. The molecule has 2 nitrogen and oxygen atoms in total. The Morgan fingerprint density at radius 3 is 2.82 bits per heavy atom. The molecule has 0 aromatic heterocycles. The van der Waals surface area contributed by atoms with Crippen LogP contribution < -0.4 is 4.74 Å².